The predicted octanol–water partition coefficient (Wildman–Crippen LogP) is 6.64. The van der Waals surface area contributed by atoms with Crippen LogP contribution in [0.15, 0.2) is 97.1 Å². The standard InChI is InChI=1S/C29H25N3O3/c1-33-26-17-12-21(18-27(26)34-2)28-31-25-11-7-6-10-24(25)29(32-28)30-22-13-15-23(16-14-22)35-19-20-8-4-3-5-9-20/h3-18H,19H2,1-2H3,(H,30,31,32). The van der Waals surface area contributed by atoms with Gasteiger partial charge in [0.1, 0.15) is 18.2 Å². The molecule has 0 radical (unpaired) electrons. The highest BCUT2D eigenvalue weighted by Gasteiger charge is 2.12. The molecule has 4 aromatic carbocycles. The number of nitrogens with zero attached hydrogens (tertiary/aromatic N) is 2. The lowest BCUT2D eigenvalue weighted by Gasteiger charge is -2.13. The lowest BCUT2D eigenvalue weighted by Crippen LogP contribution is -2.00. The summed E-state index contributed by atoms with van der Waals surface area (Å²) >= 11 is 0. The van der Waals surface area contributed by atoms with Crippen LogP contribution in [0.1, 0.15) is 5.56 Å². The highest BCUT2D eigenvalue weighted by molar-refractivity contribution is 5.92. The zero-order valence-corrected chi connectivity index (χ0v) is 19.6. The number of methoxy groups -OCH3 is 2. The van der Waals surface area contributed by atoms with Crippen LogP contribution < -0.4 is 19.5 Å². The van der Waals surface area contributed by atoms with Crippen LogP contribution in [-0.2, 0) is 6.61 Å². The fraction of sp³-hybridized carbons (Fsp3) is 0.103. The molecule has 5 aromatic rings. The third-order valence-electron chi connectivity index (χ3n) is 5.61. The van der Waals surface area contributed by atoms with E-state index in [4.69, 9.17) is 24.2 Å². The number of ether oxygens (including phenoxy) is 3. The molecule has 0 saturated heterocycles. The van der Waals surface area contributed by atoms with Crippen LogP contribution in [0, 0.1) is 0 Å². The highest BCUT2D eigenvalue weighted by Crippen LogP contribution is 2.33. The Kier molecular flexibility index (Phi) is 6.44. The average Bonchev–Trinajstić information content (AvgIpc) is 2.92. The van der Waals surface area contributed by atoms with E-state index in [0.717, 1.165) is 39.3 Å². The zero-order chi connectivity index (χ0) is 24.0. The van der Waals surface area contributed by atoms with Crippen LogP contribution in [0.2, 0.25) is 0 Å². The van der Waals surface area contributed by atoms with E-state index in [1.165, 1.54) is 0 Å². The molecule has 0 aliphatic heterocycles. The molecule has 6 nitrogen and oxygen atoms in total. The van der Waals surface area contributed by atoms with Crippen molar-refractivity contribution >= 4 is 22.4 Å². The summed E-state index contributed by atoms with van der Waals surface area (Å²) in [6.07, 6.45) is 0. The summed E-state index contributed by atoms with van der Waals surface area (Å²) in [5.74, 6) is 3.40. The molecule has 0 bridgehead atoms. The van der Waals surface area contributed by atoms with Crippen molar-refractivity contribution in [3.05, 3.63) is 103 Å². The molecule has 6 heteroatoms. The Balaban J connectivity index is 1.42. The van der Waals surface area contributed by atoms with Crippen molar-refractivity contribution in [2.75, 3.05) is 19.5 Å². The van der Waals surface area contributed by atoms with Crippen LogP contribution >= 0.6 is 0 Å². The molecular formula is C29H25N3O3. The van der Waals surface area contributed by atoms with Gasteiger partial charge in [-0.15, -0.1) is 0 Å². The summed E-state index contributed by atoms with van der Waals surface area (Å²) in [6, 6.07) is 31.6. The van der Waals surface area contributed by atoms with Gasteiger partial charge in [-0.1, -0.05) is 42.5 Å². The molecule has 35 heavy (non-hydrogen) atoms. The minimum absolute atomic E-state index is 0.527. The number of para-hydroxylation sites is 1. The topological polar surface area (TPSA) is 65.5 Å². The van der Waals surface area contributed by atoms with Gasteiger partial charge in [0, 0.05) is 16.6 Å². The SMILES string of the molecule is COc1ccc(-c2nc(Nc3ccc(OCc4ccccc4)cc3)c3ccccc3n2)cc1OC. The Hall–Kier alpha value is -4.58. The molecule has 0 aliphatic rings. The van der Waals surface area contributed by atoms with E-state index in [1.807, 2.05) is 97.1 Å². The Morgan fingerprint density at radius 1 is 0.714 bits per heavy atom. The number of fused-ring (bicyclic) bond motifs is 1. The summed E-state index contributed by atoms with van der Waals surface area (Å²) in [7, 11) is 3.23. The van der Waals surface area contributed by atoms with Crippen LogP contribution in [0.4, 0.5) is 11.5 Å². The third kappa shape index (κ3) is 5.01. The van der Waals surface area contributed by atoms with Gasteiger partial charge in [0.2, 0.25) is 0 Å². The second kappa shape index (κ2) is 10.1. The number of anilines is 2. The van der Waals surface area contributed by atoms with Crippen molar-refractivity contribution in [3.63, 3.8) is 0 Å². The maximum Gasteiger partial charge on any atom is 0.162 e. The lowest BCUT2D eigenvalue weighted by atomic mass is 10.1. The van der Waals surface area contributed by atoms with Crippen LogP contribution in [0.25, 0.3) is 22.3 Å². The molecule has 1 heterocycles. The Labute approximate surface area is 204 Å². The summed E-state index contributed by atoms with van der Waals surface area (Å²) in [5.41, 5.74) is 3.71. The van der Waals surface area contributed by atoms with Crippen molar-refractivity contribution in [3.8, 4) is 28.6 Å². The molecule has 0 aliphatic carbocycles. The first kappa shape index (κ1) is 22.2. The first-order valence-corrected chi connectivity index (χ1v) is 11.3. The largest absolute Gasteiger partial charge is 0.493 e. The van der Waals surface area contributed by atoms with Crippen molar-refractivity contribution in [1.29, 1.82) is 0 Å². The fourth-order valence-corrected chi connectivity index (χ4v) is 3.79. The van der Waals surface area contributed by atoms with E-state index in [-0.39, 0.29) is 0 Å². The van der Waals surface area contributed by atoms with Crippen molar-refractivity contribution in [1.82, 2.24) is 9.97 Å². The molecule has 0 atom stereocenters. The third-order valence-corrected chi connectivity index (χ3v) is 5.61. The maximum absolute atomic E-state index is 5.91. The average molecular weight is 464 g/mol. The van der Waals surface area contributed by atoms with E-state index >= 15 is 0 Å². The molecular weight excluding hydrogens is 438 g/mol. The summed E-state index contributed by atoms with van der Waals surface area (Å²) < 4.78 is 16.7. The molecule has 0 unspecified atom stereocenters. The van der Waals surface area contributed by atoms with E-state index in [9.17, 15) is 0 Å². The van der Waals surface area contributed by atoms with E-state index in [2.05, 4.69) is 5.32 Å². The van der Waals surface area contributed by atoms with Gasteiger partial charge < -0.3 is 19.5 Å². The molecule has 1 aromatic heterocycles. The van der Waals surface area contributed by atoms with E-state index < -0.39 is 0 Å². The molecule has 0 fully saturated rings. The number of hydrogen-bond donors (Lipinski definition) is 1. The van der Waals surface area contributed by atoms with Gasteiger partial charge in [-0.3, -0.25) is 0 Å². The van der Waals surface area contributed by atoms with Crippen LogP contribution in [0.5, 0.6) is 17.2 Å². The second-order valence-electron chi connectivity index (χ2n) is 7.91. The van der Waals surface area contributed by atoms with Gasteiger partial charge in [-0.25, -0.2) is 9.97 Å². The number of benzene rings is 4. The minimum atomic E-state index is 0.527. The molecule has 0 amide bonds. The van der Waals surface area contributed by atoms with Crippen LogP contribution in [-0.4, -0.2) is 24.2 Å². The second-order valence-corrected chi connectivity index (χ2v) is 7.91. The summed E-state index contributed by atoms with van der Waals surface area (Å²) in [5, 5.41) is 4.38. The highest BCUT2D eigenvalue weighted by atomic mass is 16.5. The monoisotopic (exact) mass is 463 g/mol. The fourth-order valence-electron chi connectivity index (χ4n) is 3.79. The van der Waals surface area contributed by atoms with Crippen molar-refractivity contribution in [2.45, 2.75) is 6.61 Å². The smallest absolute Gasteiger partial charge is 0.162 e. The van der Waals surface area contributed by atoms with E-state index in [1.54, 1.807) is 14.2 Å². The minimum Gasteiger partial charge on any atom is -0.493 e. The molecule has 0 saturated carbocycles. The van der Waals surface area contributed by atoms with Crippen molar-refractivity contribution in [2.24, 2.45) is 0 Å². The summed E-state index contributed by atoms with van der Waals surface area (Å²) in [4.78, 5) is 9.62. The number of hydrogen-bond acceptors (Lipinski definition) is 6. The van der Waals surface area contributed by atoms with Crippen LogP contribution in [0.3, 0.4) is 0 Å². The quantitative estimate of drug-likeness (QED) is 0.278. The first-order valence-electron chi connectivity index (χ1n) is 11.3. The normalized spacial score (nSPS) is 10.7. The van der Waals surface area contributed by atoms with Gasteiger partial charge in [0.15, 0.2) is 17.3 Å². The van der Waals surface area contributed by atoms with Crippen molar-refractivity contribution < 1.29 is 14.2 Å². The predicted molar refractivity (Wildman–Crippen MR) is 139 cm³/mol. The summed E-state index contributed by atoms with van der Waals surface area (Å²) in [6.45, 7) is 0.527. The van der Waals surface area contributed by atoms with Gasteiger partial charge in [0.05, 0.1) is 19.7 Å². The zero-order valence-electron chi connectivity index (χ0n) is 19.6. The molecule has 5 rings (SSSR count). The van der Waals surface area contributed by atoms with Gasteiger partial charge in [-0.05, 0) is 60.2 Å². The van der Waals surface area contributed by atoms with Gasteiger partial charge in [0.25, 0.3) is 0 Å². The molecule has 174 valence electrons. The Morgan fingerprint density at radius 2 is 1.46 bits per heavy atom. The molecule has 0 spiro atoms. The maximum atomic E-state index is 5.91. The lowest BCUT2D eigenvalue weighted by molar-refractivity contribution is 0.306. The number of aromatic nitrogens is 2. The number of nitrogens with one attached hydrogen (secondary N) is 1. The van der Waals surface area contributed by atoms with Gasteiger partial charge >= 0.3 is 0 Å². The first-order chi connectivity index (χ1) is 17.2. The Bertz CT molecular complexity index is 1440. The van der Waals surface area contributed by atoms with Gasteiger partial charge in [-0.2, -0.15) is 0 Å². The number of rotatable bonds is 8. The Morgan fingerprint density at radius 3 is 2.23 bits per heavy atom. The van der Waals surface area contributed by atoms with E-state index in [0.29, 0.717) is 23.9 Å². The molecule has 1 N–H and O–H groups in total.